The number of amides is 2. The number of nitrogens with one attached hydrogen (secondary N) is 1. The molecule has 2 atom stereocenters. The third kappa shape index (κ3) is 7.50. The molecule has 1 aliphatic heterocycles. The minimum atomic E-state index is -0.743. The van der Waals surface area contributed by atoms with Crippen molar-refractivity contribution < 1.29 is 33.6 Å². The van der Waals surface area contributed by atoms with Crippen LogP contribution < -0.4 is 14.8 Å². The summed E-state index contributed by atoms with van der Waals surface area (Å²) in [5, 5.41) is 13.4. The highest BCUT2D eigenvalue weighted by atomic mass is 16.6. The average molecular weight is 481 g/mol. The van der Waals surface area contributed by atoms with Gasteiger partial charge in [-0.3, -0.25) is 4.79 Å². The molecule has 2 amide bonds. The Labute approximate surface area is 202 Å². The van der Waals surface area contributed by atoms with Crippen LogP contribution >= 0.6 is 0 Å². The highest BCUT2D eigenvalue weighted by Crippen LogP contribution is 2.38. The van der Waals surface area contributed by atoms with Gasteiger partial charge in [0.15, 0.2) is 11.5 Å². The lowest BCUT2D eigenvalue weighted by Gasteiger charge is -2.24. The average Bonchev–Trinajstić information content (AvgIpc) is 3.13. The fourth-order valence-corrected chi connectivity index (χ4v) is 3.89. The summed E-state index contributed by atoms with van der Waals surface area (Å²) in [5.41, 5.74) is 0.643. The van der Waals surface area contributed by atoms with Crippen molar-refractivity contribution in [3.8, 4) is 11.5 Å². The number of methoxy groups -OCH3 is 2. The summed E-state index contributed by atoms with van der Waals surface area (Å²) in [6, 6.07) is 3.45. The van der Waals surface area contributed by atoms with E-state index in [9.17, 15) is 14.7 Å². The molecule has 1 aromatic rings. The second kappa shape index (κ2) is 12.3. The monoisotopic (exact) mass is 480 g/mol. The van der Waals surface area contributed by atoms with Gasteiger partial charge in [0.05, 0.1) is 26.4 Å². The summed E-state index contributed by atoms with van der Waals surface area (Å²) >= 11 is 0. The number of rotatable bonds is 10. The molecule has 1 fully saturated rings. The minimum Gasteiger partial charge on any atom is -0.493 e. The molecular formula is C25H40N2O7. The van der Waals surface area contributed by atoms with Gasteiger partial charge in [0, 0.05) is 50.3 Å². The molecule has 2 N–H and O–H groups in total. The largest absolute Gasteiger partial charge is 0.493 e. The quantitative estimate of drug-likeness (QED) is 0.495. The number of hydrogen-bond donors (Lipinski definition) is 2. The Morgan fingerprint density at radius 2 is 1.88 bits per heavy atom. The van der Waals surface area contributed by atoms with E-state index in [1.165, 1.54) is 4.90 Å². The second-order valence-corrected chi connectivity index (χ2v) is 9.83. The Morgan fingerprint density at radius 3 is 2.47 bits per heavy atom. The maximum absolute atomic E-state index is 13.2. The molecule has 0 bridgehead atoms. The minimum absolute atomic E-state index is 0.00741. The zero-order valence-corrected chi connectivity index (χ0v) is 21.5. The van der Waals surface area contributed by atoms with E-state index < -0.39 is 17.8 Å². The van der Waals surface area contributed by atoms with Crippen LogP contribution in [0.2, 0.25) is 0 Å². The van der Waals surface area contributed by atoms with E-state index in [4.69, 9.17) is 18.9 Å². The fourth-order valence-electron chi connectivity index (χ4n) is 3.89. The molecule has 0 radical (unpaired) electrons. The topological polar surface area (TPSA) is 107 Å². The Bertz CT molecular complexity index is 835. The fraction of sp³-hybridized carbons (Fsp3) is 0.680. The van der Waals surface area contributed by atoms with E-state index in [-0.39, 0.29) is 30.8 Å². The first-order chi connectivity index (χ1) is 16.0. The molecule has 9 heteroatoms. The summed E-state index contributed by atoms with van der Waals surface area (Å²) in [5.74, 6) is 0.570. The normalized spacial score (nSPS) is 18.2. The molecule has 1 aromatic carbocycles. The number of aliphatic hydroxyl groups is 1. The lowest BCUT2D eigenvalue weighted by Crippen LogP contribution is -2.36. The van der Waals surface area contributed by atoms with Crippen LogP contribution in [-0.2, 0) is 9.47 Å². The maximum Gasteiger partial charge on any atom is 0.410 e. The summed E-state index contributed by atoms with van der Waals surface area (Å²) < 4.78 is 22.0. The number of nitrogens with zero attached hydrogens (tertiary/aromatic N) is 1. The van der Waals surface area contributed by atoms with Crippen LogP contribution in [0.1, 0.15) is 62.9 Å². The SMILES string of the molecule is COCCCOc1c(OC)ccc(C(=O)NC[C@@H]2CN(C(=O)OC(C)(C)C)C[C@@H]2O)c1C(C)C. The van der Waals surface area contributed by atoms with Gasteiger partial charge in [0.1, 0.15) is 5.60 Å². The van der Waals surface area contributed by atoms with E-state index in [0.29, 0.717) is 43.2 Å². The van der Waals surface area contributed by atoms with E-state index >= 15 is 0 Å². The van der Waals surface area contributed by atoms with Gasteiger partial charge in [-0.05, 0) is 38.8 Å². The first-order valence-electron chi connectivity index (χ1n) is 11.7. The van der Waals surface area contributed by atoms with Crippen molar-refractivity contribution >= 4 is 12.0 Å². The summed E-state index contributed by atoms with van der Waals surface area (Å²) in [4.78, 5) is 27.0. The Hall–Kier alpha value is -2.52. The van der Waals surface area contributed by atoms with Gasteiger partial charge in [-0.1, -0.05) is 13.8 Å². The molecule has 34 heavy (non-hydrogen) atoms. The third-order valence-corrected chi connectivity index (χ3v) is 5.52. The van der Waals surface area contributed by atoms with Gasteiger partial charge in [-0.2, -0.15) is 0 Å². The second-order valence-electron chi connectivity index (χ2n) is 9.83. The van der Waals surface area contributed by atoms with Gasteiger partial charge in [-0.15, -0.1) is 0 Å². The predicted octanol–water partition coefficient (Wildman–Crippen LogP) is 3.19. The molecule has 192 valence electrons. The number of aliphatic hydroxyl groups excluding tert-OH is 1. The van der Waals surface area contributed by atoms with Crippen LogP contribution in [0.15, 0.2) is 12.1 Å². The Morgan fingerprint density at radius 1 is 1.18 bits per heavy atom. The van der Waals surface area contributed by atoms with Crippen LogP contribution in [0.5, 0.6) is 11.5 Å². The molecule has 1 saturated heterocycles. The third-order valence-electron chi connectivity index (χ3n) is 5.52. The number of likely N-dealkylation sites (tertiary alicyclic amines) is 1. The predicted molar refractivity (Wildman–Crippen MR) is 129 cm³/mol. The summed E-state index contributed by atoms with van der Waals surface area (Å²) in [6.07, 6.45) is -0.498. The summed E-state index contributed by atoms with van der Waals surface area (Å²) in [6.45, 7) is 11.1. The number of carbonyl (C=O) groups excluding carboxylic acids is 2. The Kier molecular flexibility index (Phi) is 10.00. The van der Waals surface area contributed by atoms with Gasteiger partial charge in [0.2, 0.25) is 0 Å². The Balaban J connectivity index is 2.11. The zero-order valence-electron chi connectivity index (χ0n) is 21.5. The molecule has 0 spiro atoms. The van der Waals surface area contributed by atoms with Gasteiger partial charge < -0.3 is 34.3 Å². The molecular weight excluding hydrogens is 440 g/mol. The number of β-amino-alcohol motifs (C(OH)–C–C–N with tert-alkyl or cyclic N) is 1. The first kappa shape index (κ1) is 27.7. The van der Waals surface area contributed by atoms with Gasteiger partial charge in [0.25, 0.3) is 5.91 Å². The van der Waals surface area contributed by atoms with E-state index in [1.807, 2.05) is 13.8 Å². The molecule has 0 aliphatic carbocycles. The maximum atomic E-state index is 13.2. The number of hydrogen-bond acceptors (Lipinski definition) is 7. The van der Waals surface area contributed by atoms with Gasteiger partial charge in [-0.25, -0.2) is 4.79 Å². The van der Waals surface area contributed by atoms with Crippen molar-refractivity contribution in [3.05, 3.63) is 23.3 Å². The molecule has 1 heterocycles. The molecule has 0 unspecified atom stereocenters. The summed E-state index contributed by atoms with van der Waals surface area (Å²) in [7, 11) is 3.21. The van der Waals surface area contributed by atoms with Crippen LogP contribution in [-0.4, -0.2) is 80.8 Å². The van der Waals surface area contributed by atoms with Crippen LogP contribution in [0, 0.1) is 5.92 Å². The first-order valence-corrected chi connectivity index (χ1v) is 11.7. The number of ether oxygens (including phenoxy) is 4. The molecule has 1 aliphatic rings. The van der Waals surface area contributed by atoms with E-state index in [2.05, 4.69) is 5.32 Å². The molecule has 0 aromatic heterocycles. The highest BCUT2D eigenvalue weighted by Gasteiger charge is 2.36. The smallest absolute Gasteiger partial charge is 0.410 e. The standard InChI is InChI=1S/C25H40N2O7/c1-16(2)21-18(9-10-20(32-7)22(21)33-12-8-11-31-6)23(29)26-13-17-14-27(15-19(17)28)24(30)34-25(3,4)5/h9-10,16-17,19,28H,8,11-15H2,1-7H3,(H,26,29)/t17-,19+/m1/s1. The van der Waals surface area contributed by atoms with Crippen LogP contribution in [0.4, 0.5) is 4.79 Å². The zero-order chi connectivity index (χ0) is 25.5. The molecule has 2 rings (SSSR count). The lowest BCUT2D eigenvalue weighted by atomic mass is 9.94. The van der Waals surface area contributed by atoms with Crippen LogP contribution in [0.25, 0.3) is 0 Å². The highest BCUT2D eigenvalue weighted by molar-refractivity contribution is 5.97. The number of carbonyl (C=O) groups is 2. The molecule has 9 nitrogen and oxygen atoms in total. The molecule has 0 saturated carbocycles. The van der Waals surface area contributed by atoms with E-state index in [0.717, 1.165) is 5.56 Å². The van der Waals surface area contributed by atoms with Crippen molar-refractivity contribution in [1.29, 1.82) is 0 Å². The van der Waals surface area contributed by atoms with Crippen molar-refractivity contribution in [2.75, 3.05) is 47.1 Å². The lowest BCUT2D eigenvalue weighted by molar-refractivity contribution is 0.0269. The van der Waals surface area contributed by atoms with Crippen molar-refractivity contribution in [1.82, 2.24) is 10.2 Å². The van der Waals surface area contributed by atoms with E-state index in [1.54, 1.807) is 47.1 Å². The van der Waals surface area contributed by atoms with Crippen molar-refractivity contribution in [2.24, 2.45) is 5.92 Å². The van der Waals surface area contributed by atoms with Crippen molar-refractivity contribution in [2.45, 2.75) is 58.7 Å². The van der Waals surface area contributed by atoms with Crippen molar-refractivity contribution in [3.63, 3.8) is 0 Å². The number of benzene rings is 1. The van der Waals surface area contributed by atoms with Gasteiger partial charge >= 0.3 is 6.09 Å². The van der Waals surface area contributed by atoms with Crippen LogP contribution in [0.3, 0.4) is 0 Å².